The van der Waals surface area contributed by atoms with Crippen molar-refractivity contribution in [3.63, 3.8) is 0 Å². The zero-order valence-corrected chi connectivity index (χ0v) is 16.1. The van der Waals surface area contributed by atoms with Gasteiger partial charge in [-0.05, 0) is 16.7 Å². The molecule has 2 aliphatic rings. The summed E-state index contributed by atoms with van der Waals surface area (Å²) in [5.41, 5.74) is 3.53. The quantitative estimate of drug-likeness (QED) is 0.591. The van der Waals surface area contributed by atoms with Crippen molar-refractivity contribution in [3.8, 4) is 0 Å². The number of ether oxygens (including phenoxy) is 2. The maximum atomic E-state index is 6.84. The van der Waals surface area contributed by atoms with Gasteiger partial charge in [-0.15, -0.1) is 0 Å². The second-order valence-corrected chi connectivity index (χ2v) is 7.42. The SMILES string of the molecule is c1ccc(C(OCC2OCC3=NOCC32)(c2ccccc2)c2ccccc2)cc1. The molecule has 2 atom stereocenters. The van der Waals surface area contributed by atoms with Gasteiger partial charge in [0, 0.05) is 0 Å². The molecule has 146 valence electrons. The van der Waals surface area contributed by atoms with E-state index in [0.717, 1.165) is 22.4 Å². The van der Waals surface area contributed by atoms with E-state index in [0.29, 0.717) is 19.8 Å². The summed E-state index contributed by atoms with van der Waals surface area (Å²) < 4.78 is 12.8. The molecule has 0 aromatic heterocycles. The van der Waals surface area contributed by atoms with Crippen LogP contribution in [0.1, 0.15) is 16.7 Å². The van der Waals surface area contributed by atoms with Crippen molar-refractivity contribution in [2.24, 2.45) is 11.1 Å². The van der Waals surface area contributed by atoms with Crippen LogP contribution in [0.5, 0.6) is 0 Å². The number of hydrogen-bond donors (Lipinski definition) is 0. The molecule has 2 aliphatic heterocycles. The minimum absolute atomic E-state index is 0.0632. The average molecular weight is 385 g/mol. The molecule has 3 aromatic carbocycles. The fourth-order valence-corrected chi connectivity index (χ4v) is 4.27. The summed E-state index contributed by atoms with van der Waals surface area (Å²) in [5.74, 6) is 0.176. The first-order valence-electron chi connectivity index (χ1n) is 9.99. The first kappa shape index (κ1) is 18.1. The third-order valence-electron chi connectivity index (χ3n) is 5.76. The van der Waals surface area contributed by atoms with Crippen molar-refractivity contribution in [1.29, 1.82) is 0 Å². The topological polar surface area (TPSA) is 40.0 Å². The molecule has 1 saturated heterocycles. The first-order valence-corrected chi connectivity index (χ1v) is 9.99. The van der Waals surface area contributed by atoms with Crippen LogP contribution in [-0.4, -0.2) is 31.6 Å². The lowest BCUT2D eigenvalue weighted by atomic mass is 9.80. The van der Waals surface area contributed by atoms with Gasteiger partial charge >= 0.3 is 0 Å². The van der Waals surface area contributed by atoms with E-state index >= 15 is 0 Å². The molecular weight excluding hydrogens is 362 g/mol. The number of benzene rings is 3. The monoisotopic (exact) mass is 385 g/mol. The Balaban J connectivity index is 1.59. The van der Waals surface area contributed by atoms with Gasteiger partial charge in [0.2, 0.25) is 0 Å². The maximum Gasteiger partial charge on any atom is 0.143 e. The fraction of sp³-hybridized carbons (Fsp3) is 0.240. The van der Waals surface area contributed by atoms with E-state index in [9.17, 15) is 0 Å². The molecule has 2 heterocycles. The molecule has 0 N–H and O–H groups in total. The first-order chi connectivity index (χ1) is 14.4. The molecule has 4 heteroatoms. The second-order valence-electron chi connectivity index (χ2n) is 7.42. The lowest BCUT2D eigenvalue weighted by molar-refractivity contribution is -0.0623. The lowest BCUT2D eigenvalue weighted by Crippen LogP contribution is -2.37. The van der Waals surface area contributed by atoms with Crippen molar-refractivity contribution in [3.05, 3.63) is 108 Å². The molecule has 2 unspecified atom stereocenters. The highest BCUT2D eigenvalue weighted by Gasteiger charge is 2.43. The molecule has 0 spiro atoms. The normalized spacial score (nSPS) is 20.8. The van der Waals surface area contributed by atoms with Crippen molar-refractivity contribution in [2.75, 3.05) is 19.8 Å². The van der Waals surface area contributed by atoms with Gasteiger partial charge in [0.25, 0.3) is 0 Å². The largest absolute Gasteiger partial charge is 0.395 e. The smallest absolute Gasteiger partial charge is 0.143 e. The molecule has 3 aromatic rings. The highest BCUT2D eigenvalue weighted by molar-refractivity contribution is 5.90. The summed E-state index contributed by atoms with van der Waals surface area (Å²) in [6, 6.07) is 31.2. The van der Waals surface area contributed by atoms with Crippen LogP contribution in [0, 0.1) is 5.92 Å². The molecule has 1 fully saturated rings. The summed E-state index contributed by atoms with van der Waals surface area (Å²) in [5, 5.41) is 4.10. The Morgan fingerprint density at radius 2 is 1.31 bits per heavy atom. The summed E-state index contributed by atoms with van der Waals surface area (Å²) in [4.78, 5) is 5.28. The molecule has 0 radical (unpaired) electrons. The van der Waals surface area contributed by atoms with Crippen molar-refractivity contribution in [2.45, 2.75) is 11.7 Å². The van der Waals surface area contributed by atoms with Crippen LogP contribution in [0.25, 0.3) is 0 Å². The van der Waals surface area contributed by atoms with Gasteiger partial charge in [-0.3, -0.25) is 0 Å². The predicted octanol–water partition coefficient (Wildman–Crippen LogP) is 4.40. The maximum absolute atomic E-state index is 6.84. The zero-order valence-electron chi connectivity index (χ0n) is 16.1. The van der Waals surface area contributed by atoms with E-state index < -0.39 is 5.60 Å². The van der Waals surface area contributed by atoms with Crippen LogP contribution in [0.4, 0.5) is 0 Å². The van der Waals surface area contributed by atoms with Gasteiger partial charge in [0.15, 0.2) is 0 Å². The second kappa shape index (κ2) is 7.82. The van der Waals surface area contributed by atoms with E-state index in [1.165, 1.54) is 0 Å². The van der Waals surface area contributed by atoms with E-state index in [4.69, 9.17) is 14.3 Å². The Labute approximate surface area is 170 Å². The molecule has 5 rings (SSSR count). The third kappa shape index (κ3) is 3.24. The van der Waals surface area contributed by atoms with Gasteiger partial charge in [-0.2, -0.15) is 0 Å². The highest BCUT2D eigenvalue weighted by Crippen LogP contribution is 2.41. The Kier molecular flexibility index (Phi) is 4.88. The third-order valence-corrected chi connectivity index (χ3v) is 5.76. The summed E-state index contributed by atoms with van der Waals surface area (Å²) in [6.45, 7) is 1.54. The van der Waals surface area contributed by atoms with Gasteiger partial charge in [-0.1, -0.05) is 96.2 Å². The lowest BCUT2D eigenvalue weighted by Gasteiger charge is -2.37. The fourth-order valence-electron chi connectivity index (χ4n) is 4.27. The Hall–Kier alpha value is -2.95. The molecule has 0 aliphatic carbocycles. The number of rotatable bonds is 6. The van der Waals surface area contributed by atoms with E-state index in [1.807, 2.05) is 18.2 Å². The Bertz CT molecular complexity index is 876. The molecule has 4 nitrogen and oxygen atoms in total. The van der Waals surface area contributed by atoms with Gasteiger partial charge < -0.3 is 14.3 Å². The van der Waals surface area contributed by atoms with Crippen molar-refractivity contribution >= 4 is 5.71 Å². The Morgan fingerprint density at radius 3 is 1.83 bits per heavy atom. The highest BCUT2D eigenvalue weighted by atomic mass is 16.6. The molecule has 0 bridgehead atoms. The van der Waals surface area contributed by atoms with Crippen LogP contribution >= 0.6 is 0 Å². The van der Waals surface area contributed by atoms with Crippen molar-refractivity contribution < 1.29 is 14.3 Å². The predicted molar refractivity (Wildman–Crippen MR) is 112 cm³/mol. The number of hydrogen-bond acceptors (Lipinski definition) is 4. The molecular formula is C25H23NO3. The number of nitrogens with zero attached hydrogens (tertiary/aromatic N) is 1. The zero-order chi connectivity index (χ0) is 19.5. The molecule has 0 amide bonds. The summed E-state index contributed by atoms with van der Waals surface area (Å²) >= 11 is 0. The number of fused-ring (bicyclic) bond motifs is 1. The van der Waals surface area contributed by atoms with Crippen LogP contribution in [0.2, 0.25) is 0 Å². The van der Waals surface area contributed by atoms with Gasteiger partial charge in [0.05, 0.1) is 30.9 Å². The Morgan fingerprint density at radius 1 is 0.793 bits per heavy atom. The van der Waals surface area contributed by atoms with Gasteiger partial charge in [0.1, 0.15) is 12.2 Å². The van der Waals surface area contributed by atoms with Crippen LogP contribution in [0.3, 0.4) is 0 Å². The molecule has 29 heavy (non-hydrogen) atoms. The minimum atomic E-state index is -0.730. The van der Waals surface area contributed by atoms with Crippen LogP contribution < -0.4 is 0 Å². The van der Waals surface area contributed by atoms with Crippen LogP contribution in [-0.2, 0) is 19.9 Å². The standard InChI is InChI=1S/C25H23NO3/c1-4-10-19(11-5-1)25(20-12-6-2-7-13-20,21-14-8-3-9-15-21)28-18-24-22-16-29-26-23(22)17-27-24/h1-15,22,24H,16-18H2. The van der Waals surface area contributed by atoms with E-state index in [-0.39, 0.29) is 12.0 Å². The molecule has 0 saturated carbocycles. The minimum Gasteiger partial charge on any atom is -0.395 e. The summed E-state index contributed by atoms with van der Waals surface area (Å²) in [7, 11) is 0. The van der Waals surface area contributed by atoms with Crippen LogP contribution in [0.15, 0.2) is 96.2 Å². The average Bonchev–Trinajstić information content (AvgIpc) is 3.41. The summed E-state index contributed by atoms with van der Waals surface area (Å²) in [6.07, 6.45) is -0.0632. The van der Waals surface area contributed by atoms with E-state index in [2.05, 4.69) is 78.0 Å². The van der Waals surface area contributed by atoms with Gasteiger partial charge in [-0.25, -0.2) is 0 Å². The van der Waals surface area contributed by atoms with Crippen molar-refractivity contribution in [1.82, 2.24) is 0 Å². The van der Waals surface area contributed by atoms with E-state index in [1.54, 1.807) is 0 Å². The number of oxime groups is 1.